The van der Waals surface area contributed by atoms with Crippen molar-refractivity contribution in [1.82, 2.24) is 9.71 Å². The number of benzene rings is 1. The summed E-state index contributed by atoms with van der Waals surface area (Å²) in [7, 11) is 0.796. The molecule has 0 aliphatic rings. The summed E-state index contributed by atoms with van der Waals surface area (Å²) in [4.78, 5) is 4.41. The van der Waals surface area contributed by atoms with Crippen LogP contribution in [0.25, 0.3) is 0 Å². The topological polar surface area (TPSA) is 86.8 Å². The van der Waals surface area contributed by atoms with Gasteiger partial charge in [-0.25, -0.2) is 18.1 Å². The molecule has 0 radical (unpaired) electrons. The molecule has 24 heavy (non-hydrogen) atoms. The molecule has 0 unspecified atom stereocenters. The second kappa shape index (κ2) is 8.43. The molecule has 9 heteroatoms. The highest BCUT2D eigenvalue weighted by Gasteiger charge is 2.20. The van der Waals surface area contributed by atoms with Crippen LogP contribution in [0.1, 0.15) is 10.7 Å². The van der Waals surface area contributed by atoms with Crippen molar-refractivity contribution in [3.8, 4) is 11.5 Å². The Labute approximate surface area is 145 Å². The van der Waals surface area contributed by atoms with E-state index in [0.717, 1.165) is 10.7 Å². The van der Waals surface area contributed by atoms with E-state index >= 15 is 0 Å². The number of nitrogens with zero attached hydrogens (tertiary/aromatic N) is 1. The summed E-state index contributed by atoms with van der Waals surface area (Å²) in [6.45, 7) is 0.691. The Morgan fingerprint density at radius 1 is 1.21 bits per heavy atom. The fraction of sp³-hybridized carbons (Fsp3) is 0.400. The number of rotatable bonds is 9. The first-order chi connectivity index (χ1) is 11.5. The average Bonchev–Trinajstić information content (AvgIpc) is 3.02. The average molecular weight is 372 g/mol. The summed E-state index contributed by atoms with van der Waals surface area (Å²) in [5, 5.41) is 2.76. The Morgan fingerprint density at radius 3 is 2.67 bits per heavy atom. The van der Waals surface area contributed by atoms with Crippen LogP contribution in [-0.2, 0) is 27.8 Å². The van der Waals surface area contributed by atoms with Gasteiger partial charge in [-0.15, -0.1) is 11.3 Å². The Hall–Kier alpha value is -1.68. The summed E-state index contributed by atoms with van der Waals surface area (Å²) >= 11 is 1.49. The lowest BCUT2D eigenvalue weighted by Crippen LogP contribution is -2.26. The number of aromatic nitrogens is 1. The Morgan fingerprint density at radius 2 is 2.00 bits per heavy atom. The van der Waals surface area contributed by atoms with Gasteiger partial charge >= 0.3 is 0 Å². The van der Waals surface area contributed by atoms with Crippen molar-refractivity contribution in [1.29, 1.82) is 0 Å². The Balaban J connectivity index is 2.05. The van der Waals surface area contributed by atoms with E-state index in [1.165, 1.54) is 31.6 Å². The smallest absolute Gasteiger partial charge is 0.244 e. The van der Waals surface area contributed by atoms with Crippen LogP contribution in [0.3, 0.4) is 0 Å². The van der Waals surface area contributed by atoms with E-state index in [9.17, 15) is 8.42 Å². The minimum absolute atomic E-state index is 0.0442. The molecule has 0 fully saturated rings. The van der Waals surface area contributed by atoms with Gasteiger partial charge in [0.15, 0.2) is 0 Å². The number of methoxy groups -OCH3 is 3. The van der Waals surface area contributed by atoms with Gasteiger partial charge in [0.05, 0.1) is 26.5 Å². The highest BCUT2D eigenvalue weighted by atomic mass is 32.2. The van der Waals surface area contributed by atoms with Crippen LogP contribution in [0.2, 0.25) is 0 Å². The van der Waals surface area contributed by atoms with Crippen molar-refractivity contribution in [3.05, 3.63) is 34.3 Å². The third kappa shape index (κ3) is 4.67. The van der Waals surface area contributed by atoms with E-state index < -0.39 is 10.0 Å². The molecule has 0 saturated carbocycles. The molecule has 2 rings (SSSR count). The summed E-state index contributed by atoms with van der Waals surface area (Å²) in [6.07, 6.45) is 0.492. The second-order valence-corrected chi connectivity index (χ2v) is 7.51. The first-order valence-corrected chi connectivity index (χ1v) is 9.50. The zero-order valence-corrected chi connectivity index (χ0v) is 15.4. The van der Waals surface area contributed by atoms with Crippen LogP contribution in [0, 0.1) is 0 Å². The molecule has 0 aliphatic carbocycles. The lowest BCUT2D eigenvalue weighted by atomic mass is 10.3. The molecule has 0 aliphatic heterocycles. The second-order valence-electron chi connectivity index (χ2n) is 4.83. The minimum atomic E-state index is -3.71. The van der Waals surface area contributed by atoms with E-state index in [2.05, 4.69) is 9.71 Å². The normalized spacial score (nSPS) is 11.5. The van der Waals surface area contributed by atoms with E-state index in [0.29, 0.717) is 18.8 Å². The molecule has 1 aromatic carbocycles. The maximum atomic E-state index is 12.5. The van der Waals surface area contributed by atoms with Crippen molar-refractivity contribution in [2.45, 2.75) is 17.9 Å². The fourth-order valence-electron chi connectivity index (χ4n) is 2.04. The van der Waals surface area contributed by atoms with Gasteiger partial charge in [-0.3, -0.25) is 0 Å². The van der Waals surface area contributed by atoms with Gasteiger partial charge in [-0.05, 0) is 12.1 Å². The number of thiazole rings is 1. The van der Waals surface area contributed by atoms with E-state index in [1.54, 1.807) is 19.2 Å². The predicted octanol–water partition coefficient (Wildman–Crippen LogP) is 1.83. The van der Waals surface area contributed by atoms with Crippen LogP contribution in [0.5, 0.6) is 11.5 Å². The third-order valence-electron chi connectivity index (χ3n) is 3.20. The standard InChI is InChI=1S/C15H20N2O5S2/c1-20-9-15-17-11(10-23-15)6-7-16-24(18,19)14-8-12(21-2)4-5-13(14)22-3/h4-5,8,10,16H,6-7,9H2,1-3H3. The van der Waals surface area contributed by atoms with Crippen molar-refractivity contribution in [2.24, 2.45) is 0 Å². The van der Waals surface area contributed by atoms with Gasteiger partial charge in [-0.2, -0.15) is 0 Å². The minimum Gasteiger partial charge on any atom is -0.497 e. The van der Waals surface area contributed by atoms with Gasteiger partial charge in [0, 0.05) is 31.5 Å². The molecule has 132 valence electrons. The maximum Gasteiger partial charge on any atom is 0.244 e. The molecular weight excluding hydrogens is 352 g/mol. The molecule has 1 aromatic heterocycles. The molecule has 1 N–H and O–H groups in total. The van der Waals surface area contributed by atoms with Gasteiger partial charge < -0.3 is 14.2 Å². The maximum absolute atomic E-state index is 12.5. The van der Waals surface area contributed by atoms with Crippen LogP contribution < -0.4 is 14.2 Å². The molecule has 0 bridgehead atoms. The van der Waals surface area contributed by atoms with Crippen LogP contribution in [-0.4, -0.2) is 41.3 Å². The Kier molecular flexibility index (Phi) is 6.55. The summed E-state index contributed by atoms with van der Waals surface area (Å²) in [5.41, 5.74) is 0.826. The monoisotopic (exact) mass is 372 g/mol. The predicted molar refractivity (Wildman–Crippen MR) is 91.3 cm³/mol. The van der Waals surface area contributed by atoms with E-state index in [-0.39, 0.29) is 17.2 Å². The zero-order chi connectivity index (χ0) is 17.6. The first-order valence-electron chi connectivity index (χ1n) is 7.14. The molecular formula is C15H20N2O5S2. The highest BCUT2D eigenvalue weighted by molar-refractivity contribution is 7.89. The number of hydrogen-bond acceptors (Lipinski definition) is 7. The zero-order valence-electron chi connectivity index (χ0n) is 13.7. The van der Waals surface area contributed by atoms with Crippen LogP contribution in [0.15, 0.2) is 28.5 Å². The van der Waals surface area contributed by atoms with Gasteiger partial charge in [-0.1, -0.05) is 0 Å². The molecule has 7 nitrogen and oxygen atoms in total. The van der Waals surface area contributed by atoms with Crippen LogP contribution >= 0.6 is 11.3 Å². The number of ether oxygens (including phenoxy) is 3. The molecule has 1 heterocycles. The lowest BCUT2D eigenvalue weighted by Gasteiger charge is -2.11. The molecule has 2 aromatic rings. The van der Waals surface area contributed by atoms with Crippen molar-refractivity contribution in [3.63, 3.8) is 0 Å². The Bertz CT molecular complexity index is 774. The molecule has 0 saturated heterocycles. The first kappa shape index (κ1) is 18.7. The van der Waals surface area contributed by atoms with Gasteiger partial charge in [0.2, 0.25) is 10.0 Å². The number of sulfonamides is 1. The van der Waals surface area contributed by atoms with Gasteiger partial charge in [0.25, 0.3) is 0 Å². The summed E-state index contributed by atoms with van der Waals surface area (Å²) < 4.78 is 42.8. The molecule has 0 amide bonds. The quantitative estimate of drug-likeness (QED) is 0.723. The van der Waals surface area contributed by atoms with Crippen molar-refractivity contribution in [2.75, 3.05) is 27.9 Å². The molecule has 0 spiro atoms. The van der Waals surface area contributed by atoms with E-state index in [1.807, 2.05) is 5.38 Å². The number of nitrogens with one attached hydrogen (secondary N) is 1. The van der Waals surface area contributed by atoms with Crippen molar-refractivity contribution < 1.29 is 22.6 Å². The van der Waals surface area contributed by atoms with Crippen LogP contribution in [0.4, 0.5) is 0 Å². The molecule has 0 atom stereocenters. The summed E-state index contributed by atoms with van der Waals surface area (Å²) in [5.74, 6) is 0.708. The highest BCUT2D eigenvalue weighted by Crippen LogP contribution is 2.27. The van der Waals surface area contributed by atoms with E-state index in [4.69, 9.17) is 14.2 Å². The third-order valence-corrected chi connectivity index (χ3v) is 5.55. The SMILES string of the molecule is COCc1nc(CCNS(=O)(=O)c2cc(OC)ccc2OC)cs1. The lowest BCUT2D eigenvalue weighted by molar-refractivity contribution is 0.184. The number of hydrogen-bond donors (Lipinski definition) is 1. The largest absolute Gasteiger partial charge is 0.497 e. The van der Waals surface area contributed by atoms with Crippen molar-refractivity contribution >= 4 is 21.4 Å². The fourth-order valence-corrected chi connectivity index (χ4v) is 4.05. The van der Waals surface area contributed by atoms with Gasteiger partial charge in [0.1, 0.15) is 21.4 Å². The summed E-state index contributed by atoms with van der Waals surface area (Å²) in [6, 6.07) is 4.63.